The molecule has 0 aliphatic rings. The van der Waals surface area contributed by atoms with Crippen molar-refractivity contribution in [1.29, 1.82) is 0 Å². The van der Waals surface area contributed by atoms with Crippen molar-refractivity contribution in [3.8, 4) is 0 Å². The van der Waals surface area contributed by atoms with Crippen LogP contribution in [0.4, 0.5) is 0 Å². The molecule has 0 bridgehead atoms. The van der Waals surface area contributed by atoms with Crippen molar-refractivity contribution >= 4 is 23.4 Å². The second-order valence-electron chi connectivity index (χ2n) is 4.03. The molecule has 1 aromatic heterocycles. The van der Waals surface area contributed by atoms with Gasteiger partial charge in [-0.2, -0.15) is 0 Å². The van der Waals surface area contributed by atoms with Gasteiger partial charge in [-0.3, -0.25) is 9.59 Å². The predicted octanol–water partition coefficient (Wildman–Crippen LogP) is 1.93. The smallest absolute Gasteiger partial charge is 0.311 e. The number of aromatic nitrogens is 2. The highest BCUT2D eigenvalue weighted by molar-refractivity contribution is 6.30. The van der Waals surface area contributed by atoms with Crippen molar-refractivity contribution in [2.75, 3.05) is 0 Å². The van der Waals surface area contributed by atoms with Gasteiger partial charge in [-0.25, -0.2) is 4.98 Å². The lowest BCUT2D eigenvalue weighted by Gasteiger charge is -2.04. The van der Waals surface area contributed by atoms with Crippen LogP contribution in [0.2, 0.25) is 5.02 Å². The number of hydrogen-bond donors (Lipinski definition) is 1. The summed E-state index contributed by atoms with van der Waals surface area (Å²) in [6, 6.07) is 6.50. The summed E-state index contributed by atoms with van der Waals surface area (Å²) < 4.78 is 1.49. The van der Waals surface area contributed by atoms with Gasteiger partial charge in [-0.15, -0.1) is 0 Å². The molecule has 5 nitrogen and oxygen atoms in total. The maximum Gasteiger partial charge on any atom is 0.311 e. The third kappa shape index (κ3) is 2.82. The maximum atomic E-state index is 12.2. The lowest BCUT2D eigenvalue weighted by molar-refractivity contribution is -0.136. The van der Waals surface area contributed by atoms with Crippen LogP contribution in [0.15, 0.2) is 30.5 Å². The van der Waals surface area contributed by atoms with Gasteiger partial charge in [0.1, 0.15) is 17.9 Å². The van der Waals surface area contributed by atoms with E-state index in [1.165, 1.54) is 10.8 Å². The highest BCUT2D eigenvalue weighted by Crippen LogP contribution is 2.14. The first kappa shape index (κ1) is 13.3. The Balaban J connectivity index is 2.32. The molecule has 1 N–H and O–H groups in total. The number of carbonyl (C=O) groups is 2. The van der Waals surface area contributed by atoms with Gasteiger partial charge in [0.05, 0.1) is 6.20 Å². The molecule has 0 radical (unpaired) electrons. The Morgan fingerprint density at radius 2 is 1.95 bits per heavy atom. The van der Waals surface area contributed by atoms with E-state index in [0.717, 1.165) is 0 Å². The Bertz CT molecular complexity index is 632. The van der Waals surface area contributed by atoms with E-state index in [9.17, 15) is 9.59 Å². The van der Waals surface area contributed by atoms with E-state index in [2.05, 4.69) is 4.98 Å². The molecule has 0 saturated carbocycles. The van der Waals surface area contributed by atoms with Gasteiger partial charge in [-0.05, 0) is 24.3 Å². The van der Waals surface area contributed by atoms with Crippen LogP contribution in [0.3, 0.4) is 0 Å². The standard InChI is InChI=1S/C13H11ClN2O3/c1-16-10(7-15-11(16)6-12(17)18)13(19)8-2-4-9(14)5-3-8/h2-5,7H,6H2,1H3,(H,17,18). The fourth-order valence-corrected chi connectivity index (χ4v) is 1.83. The monoisotopic (exact) mass is 278 g/mol. The van der Waals surface area contributed by atoms with Crippen LogP contribution in [-0.2, 0) is 18.3 Å². The van der Waals surface area contributed by atoms with Gasteiger partial charge in [-0.1, -0.05) is 11.6 Å². The summed E-state index contributed by atoms with van der Waals surface area (Å²) in [4.78, 5) is 26.8. The minimum atomic E-state index is -0.987. The first-order valence-electron chi connectivity index (χ1n) is 5.51. The first-order chi connectivity index (χ1) is 8.99. The Hall–Kier alpha value is -2.14. The number of carboxylic acid groups (broad SMARTS) is 1. The van der Waals surface area contributed by atoms with Gasteiger partial charge in [0, 0.05) is 17.6 Å². The number of nitrogens with zero attached hydrogens (tertiary/aromatic N) is 2. The zero-order valence-electron chi connectivity index (χ0n) is 10.1. The maximum absolute atomic E-state index is 12.2. The molecule has 0 saturated heterocycles. The fraction of sp³-hybridized carbons (Fsp3) is 0.154. The van der Waals surface area contributed by atoms with Gasteiger partial charge in [0.15, 0.2) is 0 Å². The summed E-state index contributed by atoms with van der Waals surface area (Å²) in [6.07, 6.45) is 1.17. The zero-order chi connectivity index (χ0) is 14.0. The summed E-state index contributed by atoms with van der Waals surface area (Å²) in [5.41, 5.74) is 0.827. The Morgan fingerprint density at radius 3 is 2.53 bits per heavy atom. The molecule has 0 atom stereocenters. The summed E-state index contributed by atoms with van der Waals surface area (Å²) in [5, 5.41) is 9.28. The van der Waals surface area contributed by atoms with Crippen molar-refractivity contribution in [1.82, 2.24) is 9.55 Å². The van der Waals surface area contributed by atoms with Gasteiger partial charge in [0.2, 0.25) is 5.78 Å². The van der Waals surface area contributed by atoms with Gasteiger partial charge >= 0.3 is 5.97 Å². The number of halogens is 1. The average Bonchev–Trinajstić information content (AvgIpc) is 2.70. The van der Waals surface area contributed by atoms with E-state index in [1.807, 2.05) is 0 Å². The Morgan fingerprint density at radius 1 is 1.32 bits per heavy atom. The number of carbonyl (C=O) groups excluding carboxylic acids is 1. The molecule has 0 amide bonds. The topological polar surface area (TPSA) is 72.2 Å². The molecule has 0 unspecified atom stereocenters. The van der Waals surface area contributed by atoms with Crippen LogP contribution in [-0.4, -0.2) is 26.4 Å². The van der Waals surface area contributed by atoms with Crippen LogP contribution in [0, 0.1) is 0 Å². The number of hydrogen-bond acceptors (Lipinski definition) is 3. The number of aliphatic carboxylic acids is 1. The van der Waals surface area contributed by atoms with Crippen molar-refractivity contribution in [2.45, 2.75) is 6.42 Å². The SMILES string of the molecule is Cn1c(C(=O)c2ccc(Cl)cc2)cnc1CC(=O)O. The van der Waals surface area contributed by atoms with Crippen molar-refractivity contribution in [3.63, 3.8) is 0 Å². The lowest BCUT2D eigenvalue weighted by Crippen LogP contribution is -2.11. The predicted molar refractivity (Wildman–Crippen MR) is 69.4 cm³/mol. The Kier molecular flexibility index (Phi) is 3.66. The van der Waals surface area contributed by atoms with E-state index < -0.39 is 5.97 Å². The lowest BCUT2D eigenvalue weighted by atomic mass is 10.1. The molecule has 6 heteroatoms. The number of carboxylic acids is 1. The molecule has 1 aromatic carbocycles. The number of benzene rings is 1. The average molecular weight is 279 g/mol. The van der Waals surface area contributed by atoms with Crippen LogP contribution in [0.25, 0.3) is 0 Å². The molecule has 2 rings (SSSR count). The second kappa shape index (κ2) is 5.24. The molecule has 1 heterocycles. The van der Waals surface area contributed by atoms with Crippen LogP contribution < -0.4 is 0 Å². The normalized spacial score (nSPS) is 10.4. The molecule has 19 heavy (non-hydrogen) atoms. The summed E-state index contributed by atoms with van der Waals surface area (Å²) in [6.45, 7) is 0. The zero-order valence-corrected chi connectivity index (χ0v) is 10.9. The quantitative estimate of drug-likeness (QED) is 0.868. The summed E-state index contributed by atoms with van der Waals surface area (Å²) in [7, 11) is 1.62. The first-order valence-corrected chi connectivity index (χ1v) is 5.89. The number of ketones is 1. The van der Waals surface area contributed by atoms with Crippen molar-refractivity contribution in [3.05, 3.63) is 52.6 Å². The van der Waals surface area contributed by atoms with Crippen molar-refractivity contribution in [2.24, 2.45) is 7.05 Å². The van der Waals surface area contributed by atoms with E-state index in [0.29, 0.717) is 22.1 Å². The molecule has 98 valence electrons. The van der Waals surface area contributed by atoms with Gasteiger partial charge in [0.25, 0.3) is 0 Å². The van der Waals surface area contributed by atoms with E-state index in [-0.39, 0.29) is 12.2 Å². The molecule has 0 aliphatic heterocycles. The number of rotatable bonds is 4. The minimum absolute atomic E-state index is 0.218. The largest absolute Gasteiger partial charge is 0.481 e. The second-order valence-corrected chi connectivity index (χ2v) is 4.46. The number of imidazole rings is 1. The molecule has 0 fully saturated rings. The molecule has 2 aromatic rings. The van der Waals surface area contributed by atoms with Crippen LogP contribution >= 0.6 is 11.6 Å². The highest BCUT2D eigenvalue weighted by atomic mass is 35.5. The molecule has 0 spiro atoms. The molecule has 0 aliphatic carbocycles. The minimum Gasteiger partial charge on any atom is -0.481 e. The van der Waals surface area contributed by atoms with Crippen LogP contribution in [0.5, 0.6) is 0 Å². The van der Waals surface area contributed by atoms with Gasteiger partial charge < -0.3 is 9.67 Å². The molecular weight excluding hydrogens is 268 g/mol. The van der Waals surface area contributed by atoms with E-state index in [1.54, 1.807) is 31.3 Å². The summed E-state index contributed by atoms with van der Waals surface area (Å²) in [5.74, 6) is -0.868. The van der Waals surface area contributed by atoms with Crippen molar-refractivity contribution < 1.29 is 14.7 Å². The summed E-state index contributed by atoms with van der Waals surface area (Å²) >= 11 is 5.76. The van der Waals surface area contributed by atoms with Crippen LogP contribution in [0.1, 0.15) is 21.9 Å². The Labute approximate surface area is 114 Å². The third-order valence-corrected chi connectivity index (χ3v) is 2.98. The molecular formula is C13H11ClN2O3. The fourth-order valence-electron chi connectivity index (χ4n) is 1.71. The highest BCUT2D eigenvalue weighted by Gasteiger charge is 2.17. The van der Waals surface area contributed by atoms with E-state index in [4.69, 9.17) is 16.7 Å². The third-order valence-electron chi connectivity index (χ3n) is 2.73. The van der Waals surface area contributed by atoms with E-state index >= 15 is 0 Å².